The second-order valence-corrected chi connectivity index (χ2v) is 4.98. The minimum Gasteiger partial charge on any atom is -0.360 e. The van der Waals surface area contributed by atoms with E-state index >= 15 is 0 Å². The number of hydrogen-bond acceptors (Lipinski definition) is 4. The molecule has 0 heterocycles. The van der Waals surface area contributed by atoms with Crippen LogP contribution in [0, 0.1) is 22.7 Å². The highest BCUT2D eigenvalue weighted by atomic mass is 16.1. The molecule has 0 bridgehead atoms. The molecule has 0 saturated heterocycles. The molecular weight excluding hydrogens is 300 g/mol. The van der Waals surface area contributed by atoms with E-state index in [1.54, 1.807) is 24.3 Å². The number of rotatable bonds is 5. The predicted octanol–water partition coefficient (Wildman–Crippen LogP) is 3.58. The second kappa shape index (κ2) is 8.17. The average molecular weight is 316 g/mol. The maximum absolute atomic E-state index is 12.2. The van der Waals surface area contributed by atoms with Gasteiger partial charge in [-0.15, -0.1) is 0 Å². The van der Waals surface area contributed by atoms with Gasteiger partial charge in [0.2, 0.25) is 0 Å². The molecule has 0 atom stereocenters. The van der Waals surface area contributed by atoms with Crippen LogP contribution in [0.25, 0.3) is 0 Å². The lowest BCUT2D eigenvalue weighted by Crippen LogP contribution is -2.15. The summed E-state index contributed by atoms with van der Waals surface area (Å²) in [6, 6.07) is 18.2. The van der Waals surface area contributed by atoms with Crippen molar-refractivity contribution in [1.82, 2.24) is 0 Å². The molecule has 0 radical (unpaired) electrons. The van der Waals surface area contributed by atoms with E-state index in [9.17, 15) is 10.1 Å². The van der Waals surface area contributed by atoms with Gasteiger partial charge in [0.15, 0.2) is 0 Å². The Labute approximate surface area is 140 Å². The molecule has 0 aliphatic carbocycles. The summed E-state index contributed by atoms with van der Waals surface area (Å²) in [5, 5.41) is 23.7. The van der Waals surface area contributed by atoms with Gasteiger partial charge in [0.1, 0.15) is 17.7 Å². The molecule has 118 valence electrons. The average Bonchev–Trinajstić information content (AvgIpc) is 2.63. The highest BCUT2D eigenvalue weighted by Gasteiger charge is 2.11. The van der Waals surface area contributed by atoms with E-state index in [2.05, 4.69) is 17.6 Å². The van der Waals surface area contributed by atoms with Crippen LogP contribution in [0.4, 0.5) is 11.4 Å². The van der Waals surface area contributed by atoms with Gasteiger partial charge in [-0.05, 0) is 36.2 Å². The molecule has 5 heteroatoms. The summed E-state index contributed by atoms with van der Waals surface area (Å²) < 4.78 is 0. The normalized spacial score (nSPS) is 10.4. The number of anilines is 2. The minimum atomic E-state index is -0.571. The molecule has 1 amide bonds. The molecule has 0 aliphatic heterocycles. The summed E-state index contributed by atoms with van der Waals surface area (Å²) in [6.45, 7) is 2.07. The Morgan fingerprint density at radius 3 is 2.46 bits per heavy atom. The van der Waals surface area contributed by atoms with Gasteiger partial charge < -0.3 is 10.6 Å². The van der Waals surface area contributed by atoms with Gasteiger partial charge in [-0.25, -0.2) is 0 Å². The van der Waals surface area contributed by atoms with Gasteiger partial charge in [0, 0.05) is 11.9 Å². The van der Waals surface area contributed by atoms with Crippen LogP contribution in [0.15, 0.2) is 60.3 Å². The molecule has 2 rings (SSSR count). The fraction of sp³-hybridized carbons (Fsp3) is 0.105. The molecule has 24 heavy (non-hydrogen) atoms. The lowest BCUT2D eigenvalue weighted by atomic mass is 10.1. The van der Waals surface area contributed by atoms with Gasteiger partial charge in [0.25, 0.3) is 5.91 Å². The first-order chi connectivity index (χ1) is 11.7. The summed E-state index contributed by atoms with van der Waals surface area (Å²) in [4.78, 5) is 12.2. The van der Waals surface area contributed by atoms with Crippen LogP contribution in [0.1, 0.15) is 18.1 Å². The fourth-order valence-electron chi connectivity index (χ4n) is 2.02. The largest absolute Gasteiger partial charge is 0.360 e. The zero-order valence-corrected chi connectivity index (χ0v) is 13.2. The standard InChI is InChI=1S/C19H16N4O/c1-2-14-7-9-17(10-8-14)22-13-16(12-21)19(24)23-18-6-4-3-5-15(18)11-20/h3-10,13,22H,2H2,1H3,(H,23,24)/b16-13-. The number of amides is 1. The molecule has 0 unspecified atom stereocenters. The Kier molecular flexibility index (Phi) is 5.71. The van der Waals surface area contributed by atoms with Crippen molar-refractivity contribution < 1.29 is 4.79 Å². The zero-order valence-electron chi connectivity index (χ0n) is 13.2. The number of benzene rings is 2. The van der Waals surface area contributed by atoms with E-state index < -0.39 is 5.91 Å². The van der Waals surface area contributed by atoms with Crippen LogP contribution in [-0.2, 0) is 11.2 Å². The molecule has 2 aromatic rings. The monoisotopic (exact) mass is 316 g/mol. The van der Waals surface area contributed by atoms with Crippen molar-refractivity contribution in [2.24, 2.45) is 0 Å². The van der Waals surface area contributed by atoms with Crippen molar-refractivity contribution in [1.29, 1.82) is 10.5 Å². The Morgan fingerprint density at radius 1 is 1.12 bits per heavy atom. The van der Waals surface area contributed by atoms with Crippen LogP contribution in [0.2, 0.25) is 0 Å². The molecule has 2 aromatic carbocycles. The molecule has 0 saturated carbocycles. The van der Waals surface area contributed by atoms with Gasteiger partial charge in [-0.3, -0.25) is 4.79 Å². The van der Waals surface area contributed by atoms with Gasteiger partial charge in [-0.1, -0.05) is 31.2 Å². The van der Waals surface area contributed by atoms with Gasteiger partial charge >= 0.3 is 0 Å². The van der Waals surface area contributed by atoms with E-state index in [0.717, 1.165) is 12.1 Å². The van der Waals surface area contributed by atoms with Crippen molar-refractivity contribution in [2.75, 3.05) is 10.6 Å². The predicted molar refractivity (Wildman–Crippen MR) is 92.9 cm³/mol. The minimum absolute atomic E-state index is 0.0812. The van der Waals surface area contributed by atoms with Crippen LogP contribution in [0.5, 0.6) is 0 Å². The van der Waals surface area contributed by atoms with Gasteiger partial charge in [0.05, 0.1) is 11.3 Å². The molecule has 0 fully saturated rings. The number of hydrogen-bond donors (Lipinski definition) is 2. The maximum atomic E-state index is 12.2. The number of carbonyl (C=O) groups excluding carboxylic acids is 1. The number of nitrogens with one attached hydrogen (secondary N) is 2. The summed E-state index contributed by atoms with van der Waals surface area (Å²) in [5.41, 5.74) is 2.62. The van der Waals surface area contributed by atoms with Crippen molar-refractivity contribution in [3.8, 4) is 12.1 Å². The van der Waals surface area contributed by atoms with Crippen molar-refractivity contribution >= 4 is 17.3 Å². The Morgan fingerprint density at radius 2 is 1.83 bits per heavy atom. The quantitative estimate of drug-likeness (QED) is 0.652. The molecule has 0 aromatic heterocycles. The Balaban J connectivity index is 2.10. The lowest BCUT2D eigenvalue weighted by molar-refractivity contribution is -0.112. The second-order valence-electron chi connectivity index (χ2n) is 4.98. The SMILES string of the molecule is CCc1ccc(N/C=C(/C#N)C(=O)Nc2ccccc2C#N)cc1. The fourth-order valence-corrected chi connectivity index (χ4v) is 2.02. The first-order valence-corrected chi connectivity index (χ1v) is 7.44. The molecule has 2 N–H and O–H groups in total. The van der Waals surface area contributed by atoms with Crippen molar-refractivity contribution in [3.63, 3.8) is 0 Å². The summed E-state index contributed by atoms with van der Waals surface area (Å²) in [7, 11) is 0. The zero-order chi connectivity index (χ0) is 17.4. The molecule has 5 nitrogen and oxygen atoms in total. The van der Waals surface area contributed by atoms with E-state index in [4.69, 9.17) is 5.26 Å². The highest BCUT2D eigenvalue weighted by molar-refractivity contribution is 6.07. The summed E-state index contributed by atoms with van der Waals surface area (Å²) >= 11 is 0. The third-order valence-electron chi connectivity index (χ3n) is 3.41. The number of para-hydroxylation sites is 1. The summed E-state index contributed by atoms with van der Waals surface area (Å²) in [5.74, 6) is -0.571. The maximum Gasteiger partial charge on any atom is 0.267 e. The number of carbonyl (C=O) groups is 1. The van der Waals surface area contributed by atoms with Crippen LogP contribution >= 0.6 is 0 Å². The number of aryl methyl sites for hydroxylation is 1. The molecular formula is C19H16N4O. The summed E-state index contributed by atoms with van der Waals surface area (Å²) in [6.07, 6.45) is 2.30. The van der Waals surface area contributed by atoms with Crippen LogP contribution in [0.3, 0.4) is 0 Å². The van der Waals surface area contributed by atoms with Gasteiger partial charge in [-0.2, -0.15) is 10.5 Å². The highest BCUT2D eigenvalue weighted by Crippen LogP contribution is 2.15. The van der Waals surface area contributed by atoms with E-state index in [1.165, 1.54) is 11.8 Å². The number of nitriles is 2. The Bertz CT molecular complexity index is 839. The van der Waals surface area contributed by atoms with Crippen molar-refractivity contribution in [2.45, 2.75) is 13.3 Å². The lowest BCUT2D eigenvalue weighted by Gasteiger charge is -2.07. The third-order valence-corrected chi connectivity index (χ3v) is 3.41. The Hall–Kier alpha value is -3.57. The van der Waals surface area contributed by atoms with E-state index in [1.807, 2.05) is 36.4 Å². The van der Waals surface area contributed by atoms with Crippen molar-refractivity contribution in [3.05, 3.63) is 71.4 Å². The van der Waals surface area contributed by atoms with Crippen LogP contribution in [-0.4, -0.2) is 5.91 Å². The first kappa shape index (κ1) is 16.8. The topological polar surface area (TPSA) is 88.7 Å². The van der Waals surface area contributed by atoms with Crippen LogP contribution < -0.4 is 10.6 Å². The first-order valence-electron chi connectivity index (χ1n) is 7.44. The van der Waals surface area contributed by atoms with E-state index in [-0.39, 0.29) is 5.57 Å². The van der Waals surface area contributed by atoms with E-state index in [0.29, 0.717) is 11.3 Å². The molecule has 0 spiro atoms. The molecule has 0 aliphatic rings. The number of nitrogens with zero attached hydrogens (tertiary/aromatic N) is 2. The smallest absolute Gasteiger partial charge is 0.267 e. The third kappa shape index (κ3) is 4.22.